The van der Waals surface area contributed by atoms with Crippen molar-refractivity contribution >= 4 is 130 Å². The molecule has 0 bridgehead atoms. The fourth-order valence-corrected chi connectivity index (χ4v) is 18.6. The first kappa shape index (κ1) is 81.8. The number of ether oxygens (including phenoxy) is 2. The Bertz CT molecular complexity index is 6670. The number of ketones is 2. The van der Waals surface area contributed by atoms with E-state index in [1.807, 2.05) is 125 Å². The Morgan fingerprint density at radius 1 is 0.364 bits per heavy atom. The molecule has 0 radical (unpaired) electrons. The van der Waals surface area contributed by atoms with Crippen LogP contribution in [0.1, 0.15) is 64.5 Å². The average molecular weight is 1850 g/mol. The molecule has 0 saturated heterocycles. The Hall–Kier alpha value is -12.8. The normalized spacial score (nSPS) is 13.0. The van der Waals surface area contributed by atoms with Gasteiger partial charge >= 0.3 is 0 Å². The minimum absolute atomic E-state index is 0.00745. The summed E-state index contributed by atoms with van der Waals surface area (Å²) in [5.74, 6) is 1.20. The Labute approximate surface area is 704 Å². The monoisotopic (exact) mass is 1840 g/mol. The van der Waals surface area contributed by atoms with Gasteiger partial charge in [0.25, 0.3) is 10.5 Å². The number of hydrogen-bond acceptors (Lipinski definition) is 21. The van der Waals surface area contributed by atoms with Crippen molar-refractivity contribution in [3.05, 3.63) is 375 Å². The van der Waals surface area contributed by atoms with Crippen molar-refractivity contribution in [1.82, 2.24) is 39.9 Å². The number of rotatable bonds is 7. The maximum absolute atomic E-state index is 13.5. The van der Waals surface area contributed by atoms with Crippen LogP contribution in [0.15, 0.2) is 338 Å². The summed E-state index contributed by atoms with van der Waals surface area (Å²) in [5.41, 5.74) is 8.95. The van der Waals surface area contributed by atoms with Gasteiger partial charge in [0.2, 0.25) is 70.4 Å². The van der Waals surface area contributed by atoms with Gasteiger partial charge in [0.05, 0.1) is 40.7 Å². The summed E-state index contributed by atoms with van der Waals surface area (Å²) in [4.78, 5) is 81.0. The number of sulfone groups is 3. The molecule has 118 heavy (non-hydrogen) atoms. The second-order valence-corrected chi connectivity index (χ2v) is 33.4. The molecular formula is C87H52BrCl2F3IN9O12S3. The lowest BCUT2D eigenvalue weighted by Crippen LogP contribution is -2.18. The molecular weight excluding hydrogens is 1790 g/mol. The molecule has 0 amide bonds. The first-order chi connectivity index (χ1) is 56.8. The number of anilines is 3. The van der Waals surface area contributed by atoms with Gasteiger partial charge in [0, 0.05) is 116 Å². The lowest BCUT2D eigenvalue weighted by Gasteiger charge is -2.31. The number of para-hydroxylation sites is 6. The third kappa shape index (κ3) is 17.7. The van der Waals surface area contributed by atoms with E-state index in [9.17, 15) is 57.6 Å². The molecule has 11 aromatic carbocycles. The van der Waals surface area contributed by atoms with Crippen molar-refractivity contribution < 1.29 is 67.1 Å². The van der Waals surface area contributed by atoms with Crippen LogP contribution in [0, 0.1) is 21.5 Å². The van der Waals surface area contributed by atoms with Gasteiger partial charge in [0.15, 0.2) is 15.3 Å². The van der Waals surface area contributed by atoms with Gasteiger partial charge in [-0.3, -0.25) is 24.1 Å². The zero-order valence-electron chi connectivity index (χ0n) is 60.4. The van der Waals surface area contributed by atoms with Gasteiger partial charge in [-0.15, -0.1) is 0 Å². The zero-order valence-corrected chi connectivity index (χ0v) is 68.1. The van der Waals surface area contributed by atoms with Crippen LogP contribution in [-0.2, 0) is 35.9 Å². The van der Waals surface area contributed by atoms with E-state index in [0.29, 0.717) is 74.5 Å². The Kier molecular flexibility index (Phi) is 24.5. The van der Waals surface area contributed by atoms with Gasteiger partial charge in [-0.1, -0.05) is 133 Å². The molecule has 0 atom stereocenters. The number of aromatic nitrogens is 8. The second kappa shape index (κ2) is 35.4. The lowest BCUT2D eigenvalue weighted by molar-refractivity contribution is 0.102. The molecule has 21 nitrogen and oxygen atoms in total. The van der Waals surface area contributed by atoms with Crippen LogP contribution in [0.25, 0.3) is 33.4 Å². The highest BCUT2D eigenvalue weighted by molar-refractivity contribution is 14.1. The minimum Gasteiger partial charge on any atom is -0.457 e. The lowest BCUT2D eigenvalue weighted by atomic mass is 10.0. The highest BCUT2D eigenvalue weighted by atomic mass is 127. The molecule has 9 heterocycles. The van der Waals surface area contributed by atoms with Crippen LogP contribution >= 0.6 is 61.7 Å². The standard InChI is InChI=1S/C29H17N3O4S.C17H9BrN2O3S.C13H10O.C12H8O2S.C7H4ClFO.C5H2ClFN2O.C4H2FIN2/c33-28(18-13-14-26-20(17-18)19-7-1-6-12-25(19)37(26,34)35)29-30-16-15-27(31-29)32-21-8-2-4-10-23(21)36-24-11-5-3-9-22(24)32;18-15-7-8-19-17(20-15)16(21)10-5-6-14-12(9-10)11-3-1-2-4-13(11)24(14,22)23;1-3-7-12-10(5-1)9-11-6-2-4-8-13(11)14-12;13-15(14)11-7-3-1-5-9(11)10-6-2-4-8-12(10)15;8-7(10)5-1-3-6(9)4-2-5;6-4(10)5-8-2-1-3(7)9-5;5-3-1-2-7-4(6)8-3/h1-17H;1-9H;1-8H,9H2;1-8H;1-4H;1-2H;1-2H. The zero-order chi connectivity index (χ0) is 83.0. The molecule has 20 rings (SSSR count). The maximum atomic E-state index is 13.5. The molecule has 0 fully saturated rings. The molecule has 0 spiro atoms. The van der Waals surface area contributed by atoms with Crippen molar-refractivity contribution in [3.8, 4) is 56.4 Å². The van der Waals surface area contributed by atoms with Crippen molar-refractivity contribution in [2.45, 2.75) is 35.8 Å². The van der Waals surface area contributed by atoms with E-state index in [1.165, 1.54) is 78.1 Å². The van der Waals surface area contributed by atoms with Crippen molar-refractivity contribution in [1.29, 1.82) is 0 Å². The summed E-state index contributed by atoms with van der Waals surface area (Å²) in [5, 5.41) is -1.43. The van der Waals surface area contributed by atoms with E-state index in [1.54, 1.807) is 103 Å². The number of carbonyl (C=O) groups excluding carboxylic acids is 4. The third-order valence-corrected chi connectivity index (χ3v) is 24.9. The first-order valence-corrected chi connectivity index (χ1v) is 42.0. The molecule has 0 unspecified atom stereocenters. The highest BCUT2D eigenvalue weighted by Gasteiger charge is 2.36. The third-order valence-electron chi connectivity index (χ3n) is 18.0. The number of hydrogen-bond donors (Lipinski definition) is 0. The van der Waals surface area contributed by atoms with Crippen LogP contribution in [0.2, 0.25) is 0 Å². The maximum Gasteiger partial charge on any atom is 0.289 e. The number of nitrogens with zero attached hydrogens (tertiary/aromatic N) is 9. The van der Waals surface area contributed by atoms with Gasteiger partial charge in [-0.2, -0.15) is 18.7 Å². The van der Waals surface area contributed by atoms with Gasteiger partial charge in [0.1, 0.15) is 27.7 Å². The van der Waals surface area contributed by atoms with E-state index < -0.39 is 57.7 Å². The second-order valence-electron chi connectivity index (χ2n) is 25.3. The molecule has 15 aromatic rings. The van der Waals surface area contributed by atoms with E-state index in [4.69, 9.17) is 32.7 Å². The summed E-state index contributed by atoms with van der Waals surface area (Å²) in [6.07, 6.45) is 6.51. The quantitative estimate of drug-likeness (QED) is 0.0471. The summed E-state index contributed by atoms with van der Waals surface area (Å²) in [7, 11) is -10.4. The summed E-state index contributed by atoms with van der Waals surface area (Å²) < 4.78 is 124. The van der Waals surface area contributed by atoms with Crippen LogP contribution in [-0.4, -0.2) is 87.2 Å². The van der Waals surface area contributed by atoms with Crippen LogP contribution < -0.4 is 14.4 Å². The summed E-state index contributed by atoms with van der Waals surface area (Å²) in [6, 6.07) is 79.2. The van der Waals surface area contributed by atoms with E-state index >= 15 is 0 Å². The average Bonchev–Trinajstić information content (AvgIpc) is 1.55. The topological polar surface area (TPSA) is 296 Å². The molecule has 5 aliphatic heterocycles. The van der Waals surface area contributed by atoms with Crippen LogP contribution in [0.5, 0.6) is 23.0 Å². The van der Waals surface area contributed by atoms with Gasteiger partial charge < -0.3 is 9.47 Å². The number of halogens is 7. The molecule has 0 N–H and O–H groups in total. The number of benzene rings is 11. The van der Waals surface area contributed by atoms with E-state index in [-0.39, 0.29) is 48.7 Å². The summed E-state index contributed by atoms with van der Waals surface area (Å²) >= 11 is 15.1. The van der Waals surface area contributed by atoms with Crippen molar-refractivity contribution in [3.63, 3.8) is 0 Å². The van der Waals surface area contributed by atoms with Gasteiger partial charge in [-0.25, -0.2) is 59.5 Å². The molecule has 584 valence electrons. The molecule has 0 aliphatic carbocycles. The highest BCUT2D eigenvalue weighted by Crippen LogP contribution is 2.51. The van der Waals surface area contributed by atoms with Crippen molar-refractivity contribution in [2.24, 2.45) is 0 Å². The number of carbonyl (C=O) groups is 4. The number of fused-ring (bicyclic) bond motifs is 13. The fourth-order valence-electron chi connectivity index (χ4n) is 12.7. The van der Waals surface area contributed by atoms with Crippen molar-refractivity contribution in [2.75, 3.05) is 4.90 Å². The Morgan fingerprint density at radius 3 is 1.15 bits per heavy atom. The van der Waals surface area contributed by atoms with Crippen LogP contribution in [0.3, 0.4) is 0 Å². The van der Waals surface area contributed by atoms with Crippen LogP contribution in [0.4, 0.5) is 30.4 Å². The van der Waals surface area contributed by atoms with E-state index in [2.05, 4.69) is 80.1 Å². The minimum atomic E-state index is -3.61. The fraction of sp³-hybridized carbons (Fsp3) is 0.0115. The Morgan fingerprint density at radius 2 is 0.729 bits per heavy atom. The smallest absolute Gasteiger partial charge is 0.289 e. The largest absolute Gasteiger partial charge is 0.457 e. The SMILES string of the molecule is Fc1ccnc(I)n1.O=C(Cl)c1ccc(F)cc1.O=C(Cl)c1nccc(F)n1.O=C(c1ccc2c(c1)-c1ccccc1S2(=O)=O)c1nccc(Br)n1.O=C(c1ccc2c(c1)-c1ccccc1S2(=O)=O)c1nccc(N2c3ccccc3Oc3ccccc32)n1.O=S1(=O)c2ccccc2-c2ccccc21.c1ccc2c(c1)Cc1ccccc1O2. The Balaban J connectivity index is 0.000000122. The molecule has 5 aliphatic rings. The molecule has 0 saturated carbocycles. The van der Waals surface area contributed by atoms with E-state index in [0.717, 1.165) is 52.7 Å². The predicted molar refractivity (Wildman–Crippen MR) is 445 cm³/mol. The first-order valence-electron chi connectivity index (χ1n) is 34.9. The van der Waals surface area contributed by atoms with Gasteiger partial charge in [-0.05, 0) is 184 Å². The summed E-state index contributed by atoms with van der Waals surface area (Å²) in [6.45, 7) is 0. The molecule has 31 heteroatoms. The molecule has 4 aromatic heterocycles. The predicted octanol–water partition coefficient (Wildman–Crippen LogP) is 19.7.